The molecule has 2 N–H and O–H groups in total. The van der Waals surface area contributed by atoms with Gasteiger partial charge in [-0.15, -0.1) is 5.10 Å². The van der Waals surface area contributed by atoms with Gasteiger partial charge in [0.2, 0.25) is 0 Å². The van der Waals surface area contributed by atoms with E-state index in [0.29, 0.717) is 24.2 Å². The molecule has 0 radical (unpaired) electrons. The highest BCUT2D eigenvalue weighted by atomic mass is 16.5. The summed E-state index contributed by atoms with van der Waals surface area (Å²) in [4.78, 5) is 12.5. The van der Waals surface area contributed by atoms with E-state index < -0.39 is 0 Å². The van der Waals surface area contributed by atoms with Crippen LogP contribution < -0.4 is 10.6 Å². The second-order valence-corrected chi connectivity index (χ2v) is 7.53. The summed E-state index contributed by atoms with van der Waals surface area (Å²) < 4.78 is 7.86. The van der Waals surface area contributed by atoms with Crippen molar-refractivity contribution in [1.29, 1.82) is 0 Å². The van der Waals surface area contributed by atoms with Crippen molar-refractivity contribution in [3.8, 4) is 0 Å². The SMILES string of the molecule is CCOC(CCNC(=O)c1nnn(C2CCNCC2)c1C)C1CCCC1. The zero-order valence-electron chi connectivity index (χ0n) is 16.2. The summed E-state index contributed by atoms with van der Waals surface area (Å²) in [6.45, 7) is 7.33. The Bertz CT molecular complexity index is 576. The molecule has 146 valence electrons. The minimum absolute atomic E-state index is 0.121. The second kappa shape index (κ2) is 9.46. The van der Waals surface area contributed by atoms with Crippen molar-refractivity contribution in [3.63, 3.8) is 0 Å². The van der Waals surface area contributed by atoms with Crippen LogP contribution in [0.2, 0.25) is 0 Å². The Kier molecular flexibility index (Phi) is 7.02. The topological polar surface area (TPSA) is 81.1 Å². The van der Waals surface area contributed by atoms with E-state index in [1.807, 2.05) is 18.5 Å². The van der Waals surface area contributed by atoms with Crippen molar-refractivity contribution >= 4 is 5.91 Å². The molecule has 2 heterocycles. The first-order chi connectivity index (χ1) is 12.7. The number of ether oxygens (including phenoxy) is 1. The Balaban J connectivity index is 1.52. The third-order valence-electron chi connectivity index (χ3n) is 5.82. The fourth-order valence-electron chi connectivity index (χ4n) is 4.36. The summed E-state index contributed by atoms with van der Waals surface area (Å²) in [6.07, 6.45) is 8.30. The number of amides is 1. The minimum Gasteiger partial charge on any atom is -0.378 e. The average molecular weight is 364 g/mol. The molecule has 0 aromatic carbocycles. The molecule has 1 saturated heterocycles. The number of aromatic nitrogens is 3. The Labute approximate surface area is 156 Å². The number of hydrogen-bond donors (Lipinski definition) is 2. The van der Waals surface area contributed by atoms with Crippen molar-refractivity contribution < 1.29 is 9.53 Å². The predicted molar refractivity (Wildman–Crippen MR) is 100 cm³/mol. The molecule has 1 aliphatic carbocycles. The lowest BCUT2D eigenvalue weighted by molar-refractivity contribution is 0.0163. The summed E-state index contributed by atoms with van der Waals surface area (Å²) in [5.41, 5.74) is 1.32. The van der Waals surface area contributed by atoms with Gasteiger partial charge >= 0.3 is 0 Å². The van der Waals surface area contributed by atoms with E-state index in [1.165, 1.54) is 25.7 Å². The Hall–Kier alpha value is -1.47. The van der Waals surface area contributed by atoms with E-state index in [4.69, 9.17) is 4.74 Å². The molecular weight excluding hydrogens is 330 g/mol. The third kappa shape index (κ3) is 4.62. The smallest absolute Gasteiger partial charge is 0.273 e. The fourth-order valence-corrected chi connectivity index (χ4v) is 4.36. The van der Waals surface area contributed by atoms with Gasteiger partial charge in [-0.2, -0.15) is 0 Å². The molecular formula is C19H33N5O2. The van der Waals surface area contributed by atoms with Gasteiger partial charge in [0.1, 0.15) is 0 Å². The normalized spacial score (nSPS) is 20.4. The fraction of sp³-hybridized carbons (Fsp3) is 0.842. The lowest BCUT2D eigenvalue weighted by atomic mass is 9.98. The first kappa shape index (κ1) is 19.3. The van der Waals surface area contributed by atoms with Crippen LogP contribution >= 0.6 is 0 Å². The molecule has 1 atom stereocenters. The van der Waals surface area contributed by atoms with Crippen LogP contribution in [0.4, 0.5) is 0 Å². The molecule has 3 rings (SSSR count). The number of carbonyl (C=O) groups is 1. The van der Waals surface area contributed by atoms with Gasteiger partial charge in [0.25, 0.3) is 5.91 Å². The monoisotopic (exact) mass is 363 g/mol. The van der Waals surface area contributed by atoms with Gasteiger partial charge < -0.3 is 15.4 Å². The average Bonchev–Trinajstić information content (AvgIpc) is 3.31. The maximum absolute atomic E-state index is 12.5. The van der Waals surface area contributed by atoms with E-state index in [0.717, 1.165) is 44.7 Å². The second-order valence-electron chi connectivity index (χ2n) is 7.53. The number of carbonyl (C=O) groups excluding carboxylic acids is 1. The van der Waals surface area contributed by atoms with Crippen molar-refractivity contribution in [3.05, 3.63) is 11.4 Å². The zero-order valence-corrected chi connectivity index (χ0v) is 16.2. The zero-order chi connectivity index (χ0) is 18.4. The van der Waals surface area contributed by atoms with Crippen LogP contribution in [0.15, 0.2) is 0 Å². The van der Waals surface area contributed by atoms with Crippen LogP contribution in [0.25, 0.3) is 0 Å². The Morgan fingerprint density at radius 1 is 1.31 bits per heavy atom. The highest BCUT2D eigenvalue weighted by Crippen LogP contribution is 2.30. The van der Waals surface area contributed by atoms with Gasteiger partial charge in [0, 0.05) is 13.2 Å². The van der Waals surface area contributed by atoms with Crippen LogP contribution in [-0.2, 0) is 4.74 Å². The highest BCUT2D eigenvalue weighted by molar-refractivity contribution is 5.93. The summed E-state index contributed by atoms with van der Waals surface area (Å²) >= 11 is 0. The van der Waals surface area contributed by atoms with E-state index >= 15 is 0 Å². The highest BCUT2D eigenvalue weighted by Gasteiger charge is 2.26. The Morgan fingerprint density at radius 3 is 2.73 bits per heavy atom. The number of piperidine rings is 1. The molecule has 7 heteroatoms. The number of nitrogens with one attached hydrogen (secondary N) is 2. The molecule has 1 saturated carbocycles. The molecule has 1 aliphatic heterocycles. The lowest BCUT2D eigenvalue weighted by Crippen LogP contribution is -2.32. The molecule has 0 bridgehead atoms. The number of hydrogen-bond acceptors (Lipinski definition) is 5. The molecule has 1 unspecified atom stereocenters. The van der Waals surface area contributed by atoms with Crippen molar-refractivity contribution in [1.82, 2.24) is 25.6 Å². The third-order valence-corrected chi connectivity index (χ3v) is 5.82. The van der Waals surface area contributed by atoms with Crippen molar-refractivity contribution in [2.45, 2.75) is 70.9 Å². The van der Waals surface area contributed by atoms with Crippen LogP contribution in [0, 0.1) is 12.8 Å². The quantitative estimate of drug-likeness (QED) is 0.740. The van der Waals surface area contributed by atoms with E-state index in [9.17, 15) is 4.79 Å². The molecule has 2 aliphatic rings. The molecule has 1 aromatic heterocycles. The van der Waals surface area contributed by atoms with Crippen molar-refractivity contribution in [2.75, 3.05) is 26.2 Å². The van der Waals surface area contributed by atoms with Gasteiger partial charge in [-0.25, -0.2) is 4.68 Å². The molecule has 2 fully saturated rings. The maximum Gasteiger partial charge on any atom is 0.273 e. The molecule has 1 amide bonds. The summed E-state index contributed by atoms with van der Waals surface area (Å²) in [6, 6.07) is 0.343. The van der Waals surface area contributed by atoms with Crippen LogP contribution in [-0.4, -0.2) is 53.2 Å². The molecule has 0 spiro atoms. The standard InChI is InChI=1S/C19H33N5O2/c1-3-26-17(15-6-4-5-7-15)10-13-21-19(25)18-14(2)24(23-22-18)16-8-11-20-12-9-16/h15-17,20H,3-13H2,1-2H3,(H,21,25). The van der Waals surface area contributed by atoms with Gasteiger partial charge in [-0.1, -0.05) is 18.1 Å². The molecule has 26 heavy (non-hydrogen) atoms. The number of nitrogens with zero attached hydrogens (tertiary/aromatic N) is 3. The van der Waals surface area contributed by atoms with Gasteiger partial charge in [-0.05, 0) is 65.0 Å². The van der Waals surface area contributed by atoms with E-state index in [1.54, 1.807) is 0 Å². The van der Waals surface area contributed by atoms with Gasteiger partial charge in [0.15, 0.2) is 5.69 Å². The van der Waals surface area contributed by atoms with Crippen LogP contribution in [0.5, 0.6) is 0 Å². The number of rotatable bonds is 8. The van der Waals surface area contributed by atoms with Gasteiger partial charge in [-0.3, -0.25) is 4.79 Å². The minimum atomic E-state index is -0.121. The van der Waals surface area contributed by atoms with Crippen molar-refractivity contribution in [2.24, 2.45) is 5.92 Å². The first-order valence-corrected chi connectivity index (χ1v) is 10.2. The lowest BCUT2D eigenvalue weighted by Gasteiger charge is -2.23. The first-order valence-electron chi connectivity index (χ1n) is 10.2. The largest absolute Gasteiger partial charge is 0.378 e. The van der Waals surface area contributed by atoms with Crippen LogP contribution in [0.1, 0.15) is 74.1 Å². The Morgan fingerprint density at radius 2 is 2.04 bits per heavy atom. The summed E-state index contributed by atoms with van der Waals surface area (Å²) in [7, 11) is 0. The van der Waals surface area contributed by atoms with E-state index in [-0.39, 0.29) is 12.0 Å². The van der Waals surface area contributed by atoms with Crippen LogP contribution in [0.3, 0.4) is 0 Å². The maximum atomic E-state index is 12.5. The van der Waals surface area contributed by atoms with E-state index in [2.05, 4.69) is 20.9 Å². The summed E-state index contributed by atoms with van der Waals surface area (Å²) in [5.74, 6) is 0.527. The molecule has 7 nitrogen and oxygen atoms in total. The predicted octanol–water partition coefficient (Wildman–Crippen LogP) is 2.23. The molecule has 1 aromatic rings. The summed E-state index contributed by atoms with van der Waals surface area (Å²) in [5, 5.41) is 14.8. The van der Waals surface area contributed by atoms with Gasteiger partial charge in [0.05, 0.1) is 17.8 Å².